The van der Waals surface area contributed by atoms with Gasteiger partial charge in [0.25, 0.3) is 0 Å². The zero-order chi connectivity index (χ0) is 13.0. The number of amides is 1. The summed E-state index contributed by atoms with van der Waals surface area (Å²) in [4.78, 5) is 12.0. The molecule has 1 saturated heterocycles. The fourth-order valence-corrected chi connectivity index (χ4v) is 3.06. The molecule has 0 aromatic rings. The highest BCUT2D eigenvalue weighted by atomic mass is 16.1. The number of rotatable bonds is 6. The van der Waals surface area contributed by atoms with E-state index in [1.54, 1.807) is 0 Å². The number of nitrogens with one attached hydrogen (secondary N) is 2. The predicted molar refractivity (Wildman–Crippen MR) is 74.3 cm³/mol. The highest BCUT2D eigenvalue weighted by molar-refractivity contribution is 5.76. The molecule has 0 aromatic heterocycles. The van der Waals surface area contributed by atoms with Crippen LogP contribution in [0.2, 0.25) is 0 Å². The Balaban J connectivity index is 1.66. The molecule has 1 aliphatic heterocycles. The molecule has 1 heterocycles. The Morgan fingerprint density at radius 1 is 1.39 bits per heavy atom. The monoisotopic (exact) mass is 252 g/mol. The van der Waals surface area contributed by atoms with Crippen LogP contribution in [0.1, 0.15) is 52.4 Å². The van der Waals surface area contributed by atoms with Gasteiger partial charge >= 0.3 is 0 Å². The first-order valence-corrected chi connectivity index (χ1v) is 7.63. The standard InChI is InChI=1S/C15H28N2O/c1-3-15(6-7-15)11-17-14(18)10-12(2)13-4-8-16-9-5-13/h12-13,16H,3-11H2,1-2H3,(H,17,18). The van der Waals surface area contributed by atoms with Crippen LogP contribution in [-0.2, 0) is 4.79 Å². The lowest BCUT2D eigenvalue weighted by Crippen LogP contribution is -2.35. The molecule has 1 atom stereocenters. The molecule has 2 N–H and O–H groups in total. The van der Waals surface area contributed by atoms with Crippen molar-refractivity contribution in [2.45, 2.75) is 52.4 Å². The van der Waals surface area contributed by atoms with Crippen LogP contribution in [0, 0.1) is 17.3 Å². The third-order valence-electron chi connectivity index (χ3n) is 5.06. The first kappa shape index (κ1) is 13.9. The van der Waals surface area contributed by atoms with E-state index >= 15 is 0 Å². The molecule has 2 aliphatic rings. The zero-order valence-corrected chi connectivity index (χ0v) is 11.9. The SMILES string of the molecule is CCC1(CNC(=O)CC(C)C2CCNCC2)CC1. The number of carbonyl (C=O) groups is 1. The second-order valence-electron chi connectivity index (χ2n) is 6.40. The van der Waals surface area contributed by atoms with Crippen molar-refractivity contribution < 1.29 is 4.79 Å². The van der Waals surface area contributed by atoms with Crippen LogP contribution in [0.15, 0.2) is 0 Å². The molecule has 1 saturated carbocycles. The van der Waals surface area contributed by atoms with Gasteiger partial charge in [0, 0.05) is 13.0 Å². The van der Waals surface area contributed by atoms with Crippen molar-refractivity contribution in [3.63, 3.8) is 0 Å². The molecule has 3 heteroatoms. The number of hydrogen-bond acceptors (Lipinski definition) is 2. The molecule has 18 heavy (non-hydrogen) atoms. The first-order chi connectivity index (χ1) is 8.65. The summed E-state index contributed by atoms with van der Waals surface area (Å²) in [5.41, 5.74) is 0.466. The molecule has 2 rings (SSSR count). The Morgan fingerprint density at radius 3 is 2.61 bits per heavy atom. The fraction of sp³-hybridized carbons (Fsp3) is 0.933. The lowest BCUT2D eigenvalue weighted by molar-refractivity contribution is -0.122. The Kier molecular flexibility index (Phi) is 4.66. The van der Waals surface area contributed by atoms with E-state index in [9.17, 15) is 4.79 Å². The van der Waals surface area contributed by atoms with Crippen LogP contribution in [0.4, 0.5) is 0 Å². The molecule has 2 fully saturated rings. The molecule has 0 radical (unpaired) electrons. The van der Waals surface area contributed by atoms with Gasteiger partial charge in [0.15, 0.2) is 0 Å². The van der Waals surface area contributed by atoms with E-state index in [4.69, 9.17) is 0 Å². The highest BCUT2D eigenvalue weighted by Gasteiger charge is 2.40. The van der Waals surface area contributed by atoms with Gasteiger partial charge in [0.2, 0.25) is 5.91 Å². The zero-order valence-electron chi connectivity index (χ0n) is 11.9. The van der Waals surface area contributed by atoms with Crippen molar-refractivity contribution in [2.24, 2.45) is 17.3 Å². The van der Waals surface area contributed by atoms with E-state index in [0.29, 0.717) is 17.8 Å². The Hall–Kier alpha value is -0.570. The van der Waals surface area contributed by atoms with Crippen molar-refractivity contribution in [3.8, 4) is 0 Å². The summed E-state index contributed by atoms with van der Waals surface area (Å²) in [7, 11) is 0. The molecule has 0 spiro atoms. The predicted octanol–water partition coefficient (Wildman–Crippen LogP) is 2.32. The van der Waals surface area contributed by atoms with Crippen LogP contribution < -0.4 is 10.6 Å². The van der Waals surface area contributed by atoms with E-state index < -0.39 is 0 Å². The summed E-state index contributed by atoms with van der Waals surface area (Å²) in [5.74, 6) is 1.53. The van der Waals surface area contributed by atoms with Crippen LogP contribution >= 0.6 is 0 Å². The maximum Gasteiger partial charge on any atom is 0.220 e. The molecule has 1 aliphatic carbocycles. The number of carbonyl (C=O) groups excluding carboxylic acids is 1. The Labute approximate surface area is 111 Å². The lowest BCUT2D eigenvalue weighted by Gasteiger charge is -2.28. The second kappa shape index (κ2) is 6.05. The summed E-state index contributed by atoms with van der Waals surface area (Å²) in [6.07, 6.45) is 6.98. The Morgan fingerprint density at radius 2 is 2.06 bits per heavy atom. The average molecular weight is 252 g/mol. The van der Waals surface area contributed by atoms with Gasteiger partial charge in [0.05, 0.1) is 0 Å². The summed E-state index contributed by atoms with van der Waals surface area (Å²) in [6.45, 7) is 7.62. The summed E-state index contributed by atoms with van der Waals surface area (Å²) < 4.78 is 0. The van der Waals surface area contributed by atoms with E-state index in [0.717, 1.165) is 25.6 Å². The summed E-state index contributed by atoms with van der Waals surface area (Å²) in [5, 5.41) is 6.54. The minimum atomic E-state index is 0.265. The molecule has 1 amide bonds. The van der Waals surface area contributed by atoms with Gasteiger partial charge in [-0.3, -0.25) is 4.79 Å². The lowest BCUT2D eigenvalue weighted by atomic mass is 9.84. The Bertz CT molecular complexity index is 280. The van der Waals surface area contributed by atoms with Crippen LogP contribution in [-0.4, -0.2) is 25.5 Å². The average Bonchev–Trinajstić information content (AvgIpc) is 3.18. The van der Waals surface area contributed by atoms with E-state index in [2.05, 4.69) is 24.5 Å². The van der Waals surface area contributed by atoms with Crippen LogP contribution in [0.5, 0.6) is 0 Å². The van der Waals surface area contributed by atoms with Gasteiger partial charge in [-0.15, -0.1) is 0 Å². The largest absolute Gasteiger partial charge is 0.356 e. The fourth-order valence-electron chi connectivity index (χ4n) is 3.06. The molecular formula is C15H28N2O. The highest BCUT2D eigenvalue weighted by Crippen LogP contribution is 2.47. The molecule has 3 nitrogen and oxygen atoms in total. The van der Waals surface area contributed by atoms with Gasteiger partial charge in [-0.2, -0.15) is 0 Å². The smallest absolute Gasteiger partial charge is 0.220 e. The maximum absolute atomic E-state index is 12.0. The van der Waals surface area contributed by atoms with E-state index in [-0.39, 0.29) is 5.91 Å². The molecular weight excluding hydrogens is 224 g/mol. The van der Waals surface area contributed by atoms with Crippen molar-refractivity contribution in [1.29, 1.82) is 0 Å². The number of hydrogen-bond donors (Lipinski definition) is 2. The maximum atomic E-state index is 12.0. The molecule has 0 aromatic carbocycles. The van der Waals surface area contributed by atoms with E-state index in [1.165, 1.54) is 32.1 Å². The van der Waals surface area contributed by atoms with Gasteiger partial charge in [-0.05, 0) is 62.4 Å². The van der Waals surface area contributed by atoms with Gasteiger partial charge in [-0.1, -0.05) is 13.8 Å². The van der Waals surface area contributed by atoms with Crippen molar-refractivity contribution in [1.82, 2.24) is 10.6 Å². The van der Waals surface area contributed by atoms with Crippen molar-refractivity contribution in [2.75, 3.05) is 19.6 Å². The first-order valence-electron chi connectivity index (χ1n) is 7.63. The quantitative estimate of drug-likeness (QED) is 0.761. The van der Waals surface area contributed by atoms with Gasteiger partial charge < -0.3 is 10.6 Å². The van der Waals surface area contributed by atoms with Gasteiger partial charge in [0.1, 0.15) is 0 Å². The second-order valence-corrected chi connectivity index (χ2v) is 6.40. The van der Waals surface area contributed by atoms with E-state index in [1.807, 2.05) is 0 Å². The van der Waals surface area contributed by atoms with Crippen LogP contribution in [0.25, 0.3) is 0 Å². The molecule has 1 unspecified atom stereocenters. The minimum Gasteiger partial charge on any atom is -0.356 e. The van der Waals surface area contributed by atoms with Crippen molar-refractivity contribution in [3.05, 3.63) is 0 Å². The number of piperidine rings is 1. The third-order valence-corrected chi connectivity index (χ3v) is 5.06. The van der Waals surface area contributed by atoms with Gasteiger partial charge in [-0.25, -0.2) is 0 Å². The van der Waals surface area contributed by atoms with Crippen molar-refractivity contribution >= 4 is 5.91 Å². The normalized spacial score (nSPS) is 24.6. The molecule has 104 valence electrons. The summed E-state index contributed by atoms with van der Waals surface area (Å²) in [6, 6.07) is 0. The summed E-state index contributed by atoms with van der Waals surface area (Å²) >= 11 is 0. The van der Waals surface area contributed by atoms with Crippen LogP contribution in [0.3, 0.4) is 0 Å². The third kappa shape index (κ3) is 3.71. The topological polar surface area (TPSA) is 41.1 Å². The minimum absolute atomic E-state index is 0.265. The molecule has 0 bridgehead atoms.